The van der Waals surface area contributed by atoms with Crippen LogP contribution in [0.2, 0.25) is 0 Å². The maximum atomic E-state index is 12.3. The van der Waals surface area contributed by atoms with Gasteiger partial charge >= 0.3 is 11.8 Å². The molecule has 0 aliphatic carbocycles. The van der Waals surface area contributed by atoms with Crippen LogP contribution in [0.4, 0.5) is 5.69 Å². The van der Waals surface area contributed by atoms with E-state index in [0.717, 1.165) is 17.0 Å². The highest BCUT2D eigenvalue weighted by molar-refractivity contribution is 7.08. The van der Waals surface area contributed by atoms with Crippen LogP contribution in [0.15, 0.2) is 47.2 Å². The van der Waals surface area contributed by atoms with Gasteiger partial charge in [-0.2, -0.15) is 21.7 Å². The van der Waals surface area contributed by atoms with Gasteiger partial charge in [0.05, 0.1) is 23.0 Å². The minimum atomic E-state index is -0.819. The van der Waals surface area contributed by atoms with E-state index >= 15 is 0 Å². The number of nitrogens with zero attached hydrogens (tertiary/aromatic N) is 3. The third-order valence-electron chi connectivity index (χ3n) is 4.23. The van der Waals surface area contributed by atoms with Gasteiger partial charge in [0.1, 0.15) is 6.07 Å². The van der Waals surface area contributed by atoms with Crippen LogP contribution >= 0.6 is 11.3 Å². The van der Waals surface area contributed by atoms with Crippen molar-refractivity contribution in [1.29, 1.82) is 5.26 Å². The molecule has 0 bridgehead atoms. The Morgan fingerprint density at radius 1 is 1.25 bits per heavy atom. The van der Waals surface area contributed by atoms with Gasteiger partial charge in [-0.1, -0.05) is 12.1 Å². The lowest BCUT2D eigenvalue weighted by Gasteiger charge is -2.19. The van der Waals surface area contributed by atoms with Crippen LogP contribution in [0.5, 0.6) is 0 Å². The first-order valence-corrected chi connectivity index (χ1v) is 9.57. The molecule has 0 saturated heterocycles. The van der Waals surface area contributed by atoms with E-state index in [9.17, 15) is 9.59 Å². The first-order valence-electron chi connectivity index (χ1n) is 8.62. The van der Waals surface area contributed by atoms with Gasteiger partial charge in [0.25, 0.3) is 0 Å². The van der Waals surface area contributed by atoms with Crippen LogP contribution in [0.3, 0.4) is 0 Å². The Balaban J connectivity index is 1.71. The van der Waals surface area contributed by atoms with Gasteiger partial charge < -0.3 is 10.6 Å². The van der Waals surface area contributed by atoms with Crippen LogP contribution in [0.25, 0.3) is 0 Å². The van der Waals surface area contributed by atoms with Crippen molar-refractivity contribution < 1.29 is 9.59 Å². The molecule has 0 aliphatic rings. The summed E-state index contributed by atoms with van der Waals surface area (Å²) >= 11 is 1.56. The fourth-order valence-corrected chi connectivity index (χ4v) is 3.62. The molecule has 0 spiro atoms. The molecule has 0 saturated carbocycles. The van der Waals surface area contributed by atoms with Crippen molar-refractivity contribution in [3.05, 3.63) is 69.7 Å². The van der Waals surface area contributed by atoms with Crippen molar-refractivity contribution in [3.8, 4) is 6.07 Å². The lowest BCUT2D eigenvalue weighted by molar-refractivity contribution is -0.136. The Morgan fingerprint density at radius 3 is 2.68 bits per heavy atom. The number of hydrogen-bond acceptors (Lipinski definition) is 5. The second-order valence-corrected chi connectivity index (χ2v) is 7.05. The monoisotopic (exact) mass is 393 g/mol. The Morgan fingerprint density at radius 2 is 2.04 bits per heavy atom. The van der Waals surface area contributed by atoms with E-state index in [-0.39, 0.29) is 12.6 Å². The fourth-order valence-electron chi connectivity index (χ4n) is 2.91. The van der Waals surface area contributed by atoms with Gasteiger partial charge in [-0.15, -0.1) is 0 Å². The third kappa shape index (κ3) is 4.27. The normalized spacial score (nSPS) is 11.5. The minimum absolute atomic E-state index is 0.213. The largest absolute Gasteiger partial charge is 0.345 e. The Hall–Kier alpha value is -3.44. The number of thiophene rings is 1. The zero-order chi connectivity index (χ0) is 20.1. The van der Waals surface area contributed by atoms with Gasteiger partial charge in [-0.05, 0) is 54.4 Å². The summed E-state index contributed by atoms with van der Waals surface area (Å²) in [5.74, 6) is -1.59. The number of benzene rings is 1. The maximum Gasteiger partial charge on any atom is 0.313 e. The average molecular weight is 393 g/mol. The number of amides is 2. The predicted molar refractivity (Wildman–Crippen MR) is 107 cm³/mol. The molecule has 0 radical (unpaired) electrons. The van der Waals surface area contributed by atoms with Crippen molar-refractivity contribution in [2.75, 3.05) is 11.9 Å². The van der Waals surface area contributed by atoms with E-state index in [0.29, 0.717) is 11.3 Å². The molecule has 8 heteroatoms. The molecule has 2 amide bonds. The SMILES string of the molecule is Cc1cc(C)n([C@@H](CNC(=O)C(=O)Nc2ccccc2C#N)c2ccsc2)n1. The number of aryl methyl sites for hydroxylation is 2. The maximum absolute atomic E-state index is 12.3. The first-order chi connectivity index (χ1) is 13.5. The molecule has 3 aromatic rings. The summed E-state index contributed by atoms with van der Waals surface area (Å²) in [5, 5.41) is 22.7. The lowest BCUT2D eigenvalue weighted by Crippen LogP contribution is -2.39. The van der Waals surface area contributed by atoms with Crippen LogP contribution in [-0.2, 0) is 9.59 Å². The summed E-state index contributed by atoms with van der Waals surface area (Å²) < 4.78 is 1.85. The van der Waals surface area contributed by atoms with E-state index in [1.807, 2.05) is 47.5 Å². The fraction of sp³-hybridized carbons (Fsp3) is 0.200. The number of carbonyl (C=O) groups is 2. The molecule has 28 heavy (non-hydrogen) atoms. The van der Waals surface area contributed by atoms with E-state index in [2.05, 4.69) is 15.7 Å². The van der Waals surface area contributed by atoms with Gasteiger partial charge in [0.2, 0.25) is 0 Å². The lowest BCUT2D eigenvalue weighted by atomic mass is 10.1. The quantitative estimate of drug-likeness (QED) is 0.651. The summed E-state index contributed by atoms with van der Waals surface area (Å²) in [6.45, 7) is 4.07. The highest BCUT2D eigenvalue weighted by Crippen LogP contribution is 2.22. The van der Waals surface area contributed by atoms with Crippen molar-refractivity contribution in [2.45, 2.75) is 19.9 Å². The zero-order valence-corrected chi connectivity index (χ0v) is 16.3. The number of nitrogens with one attached hydrogen (secondary N) is 2. The molecule has 0 unspecified atom stereocenters. The molecule has 3 rings (SSSR count). The summed E-state index contributed by atoms with van der Waals surface area (Å²) in [6, 6.07) is 12.2. The summed E-state index contributed by atoms with van der Waals surface area (Å²) in [6.07, 6.45) is 0. The smallest absolute Gasteiger partial charge is 0.313 e. The molecule has 2 aromatic heterocycles. The van der Waals surface area contributed by atoms with E-state index in [4.69, 9.17) is 5.26 Å². The molecule has 1 atom stereocenters. The van der Waals surface area contributed by atoms with Crippen molar-refractivity contribution in [2.24, 2.45) is 0 Å². The number of aromatic nitrogens is 2. The molecule has 7 nitrogen and oxygen atoms in total. The first kappa shape index (κ1) is 19.3. The zero-order valence-electron chi connectivity index (χ0n) is 15.5. The van der Waals surface area contributed by atoms with E-state index in [1.165, 1.54) is 0 Å². The van der Waals surface area contributed by atoms with Crippen LogP contribution in [0.1, 0.15) is 28.6 Å². The van der Waals surface area contributed by atoms with Crippen molar-refractivity contribution >= 4 is 28.8 Å². The van der Waals surface area contributed by atoms with Crippen LogP contribution in [-0.4, -0.2) is 28.1 Å². The van der Waals surface area contributed by atoms with E-state index < -0.39 is 11.8 Å². The highest BCUT2D eigenvalue weighted by Gasteiger charge is 2.21. The molecule has 2 N–H and O–H groups in total. The Kier molecular flexibility index (Phi) is 5.87. The molecule has 1 aromatic carbocycles. The second kappa shape index (κ2) is 8.50. The van der Waals surface area contributed by atoms with E-state index in [1.54, 1.807) is 35.6 Å². The summed E-state index contributed by atoms with van der Waals surface area (Å²) in [4.78, 5) is 24.5. The van der Waals surface area contributed by atoms with Crippen molar-refractivity contribution in [1.82, 2.24) is 15.1 Å². The van der Waals surface area contributed by atoms with Crippen LogP contribution < -0.4 is 10.6 Å². The van der Waals surface area contributed by atoms with Gasteiger partial charge in [0.15, 0.2) is 0 Å². The minimum Gasteiger partial charge on any atom is -0.345 e. The van der Waals surface area contributed by atoms with Gasteiger partial charge in [-0.25, -0.2) is 0 Å². The molecule has 142 valence electrons. The number of rotatable bonds is 5. The number of anilines is 1. The predicted octanol–water partition coefficient (Wildman–Crippen LogP) is 2.78. The molecular weight excluding hydrogens is 374 g/mol. The van der Waals surface area contributed by atoms with Crippen LogP contribution in [0, 0.1) is 25.2 Å². The van der Waals surface area contributed by atoms with Crippen molar-refractivity contribution in [3.63, 3.8) is 0 Å². The standard InChI is InChI=1S/C20H19N5O2S/c1-13-9-14(2)25(24-13)18(16-7-8-28-12-16)11-22-19(26)20(27)23-17-6-4-3-5-15(17)10-21/h3-9,12,18H,11H2,1-2H3,(H,22,26)(H,23,27)/t18-/m0/s1. The molecule has 0 fully saturated rings. The summed E-state index contributed by atoms with van der Waals surface area (Å²) in [7, 11) is 0. The highest BCUT2D eigenvalue weighted by atomic mass is 32.1. The topological polar surface area (TPSA) is 99.8 Å². The number of carbonyl (C=O) groups excluding carboxylic acids is 2. The second-order valence-electron chi connectivity index (χ2n) is 6.27. The molecule has 2 heterocycles. The Bertz CT molecular complexity index is 1030. The molecular formula is C20H19N5O2S. The third-order valence-corrected chi connectivity index (χ3v) is 4.93. The van der Waals surface area contributed by atoms with Gasteiger partial charge in [0, 0.05) is 12.2 Å². The molecule has 0 aliphatic heterocycles. The Labute approximate surface area is 166 Å². The van der Waals surface area contributed by atoms with Gasteiger partial charge in [-0.3, -0.25) is 14.3 Å². The number of hydrogen-bond donors (Lipinski definition) is 2. The average Bonchev–Trinajstić information content (AvgIpc) is 3.32. The number of nitriles is 1. The summed E-state index contributed by atoms with van der Waals surface area (Å²) in [5.41, 5.74) is 3.46. The number of para-hydroxylation sites is 1.